The summed E-state index contributed by atoms with van der Waals surface area (Å²) in [6.45, 7) is 2.90. The summed E-state index contributed by atoms with van der Waals surface area (Å²) < 4.78 is 28.9. The number of likely N-dealkylation sites (tertiary alicyclic amines) is 1. The number of carbonyl (C=O) groups excluding carboxylic acids is 3. The van der Waals surface area contributed by atoms with Gasteiger partial charge in [-0.2, -0.15) is 0 Å². The highest BCUT2D eigenvalue weighted by molar-refractivity contribution is 7.88. The van der Waals surface area contributed by atoms with Crippen LogP contribution in [-0.4, -0.2) is 86.8 Å². The standard InChI is InChI=1S/C29H40ClN7O5S/c30-23-7-6-21(16-31)22(14-23)17-34-28(39)26-15-24(32)18-37(26)29(40)25(8-9-27(38)36-12-10-33-11-13-36)35-43(41,42)19-20-4-2-1-3-5-20/h1-7,14,24-26,33,35H,8-13,15-19,31-32H2,(H,34,39)/t24-,25-,26+/m1/s1. The van der Waals surface area contributed by atoms with E-state index in [2.05, 4.69) is 15.4 Å². The Morgan fingerprint density at radius 3 is 2.49 bits per heavy atom. The van der Waals surface area contributed by atoms with Crippen LogP contribution in [0.3, 0.4) is 0 Å². The van der Waals surface area contributed by atoms with Gasteiger partial charge in [0.05, 0.1) is 5.75 Å². The molecule has 7 N–H and O–H groups in total. The Kier molecular flexibility index (Phi) is 11.5. The topological polar surface area (TPSA) is 180 Å². The van der Waals surface area contributed by atoms with Crippen molar-refractivity contribution < 1.29 is 22.8 Å². The zero-order valence-electron chi connectivity index (χ0n) is 24.0. The molecule has 2 saturated heterocycles. The van der Waals surface area contributed by atoms with Gasteiger partial charge in [0.25, 0.3) is 0 Å². The number of halogens is 1. The highest BCUT2D eigenvalue weighted by Crippen LogP contribution is 2.21. The summed E-state index contributed by atoms with van der Waals surface area (Å²) in [4.78, 5) is 43.2. The van der Waals surface area contributed by atoms with Gasteiger partial charge in [0.15, 0.2) is 0 Å². The molecular formula is C29H40ClN7O5S. The maximum Gasteiger partial charge on any atom is 0.243 e. The van der Waals surface area contributed by atoms with E-state index in [-0.39, 0.29) is 50.6 Å². The lowest BCUT2D eigenvalue weighted by atomic mass is 10.1. The molecule has 0 aliphatic carbocycles. The van der Waals surface area contributed by atoms with Crippen LogP contribution < -0.4 is 26.8 Å². The van der Waals surface area contributed by atoms with Crippen molar-refractivity contribution in [3.8, 4) is 0 Å². The SMILES string of the molecule is NCc1ccc(Cl)cc1CNC(=O)[C@@H]1C[C@@H](N)CN1C(=O)[C@@H](CCC(=O)N1CCNCC1)NS(=O)(=O)Cc1ccccc1. The molecule has 12 nitrogen and oxygen atoms in total. The number of sulfonamides is 1. The third kappa shape index (κ3) is 9.21. The van der Waals surface area contributed by atoms with E-state index < -0.39 is 40.0 Å². The van der Waals surface area contributed by atoms with Crippen LogP contribution in [0.5, 0.6) is 0 Å². The number of nitrogens with zero attached hydrogens (tertiary/aromatic N) is 2. The van der Waals surface area contributed by atoms with E-state index in [1.54, 1.807) is 53.4 Å². The molecule has 0 radical (unpaired) electrons. The molecule has 2 aromatic carbocycles. The molecule has 14 heteroatoms. The molecule has 3 atom stereocenters. The normalized spacial score (nSPS) is 19.7. The van der Waals surface area contributed by atoms with E-state index in [1.165, 1.54) is 4.90 Å². The average Bonchev–Trinajstić information content (AvgIpc) is 3.39. The number of carbonyl (C=O) groups is 3. The van der Waals surface area contributed by atoms with Crippen molar-refractivity contribution >= 4 is 39.3 Å². The van der Waals surface area contributed by atoms with Crippen LogP contribution in [0.1, 0.15) is 36.0 Å². The minimum atomic E-state index is -3.98. The van der Waals surface area contributed by atoms with Crippen molar-refractivity contribution in [2.24, 2.45) is 11.5 Å². The Balaban J connectivity index is 1.49. The average molecular weight is 634 g/mol. The third-order valence-corrected chi connectivity index (χ3v) is 9.29. The maximum atomic E-state index is 13.9. The second-order valence-corrected chi connectivity index (χ2v) is 13.1. The Morgan fingerprint density at radius 2 is 1.79 bits per heavy atom. The van der Waals surface area contributed by atoms with Crippen molar-refractivity contribution in [3.05, 3.63) is 70.2 Å². The van der Waals surface area contributed by atoms with Gasteiger partial charge in [0.1, 0.15) is 12.1 Å². The molecule has 0 saturated carbocycles. The van der Waals surface area contributed by atoms with Crippen LogP contribution in [-0.2, 0) is 43.2 Å². The van der Waals surface area contributed by atoms with E-state index in [0.29, 0.717) is 36.8 Å². The molecular weight excluding hydrogens is 594 g/mol. The minimum absolute atomic E-state index is 0.0301. The van der Waals surface area contributed by atoms with Gasteiger partial charge >= 0.3 is 0 Å². The van der Waals surface area contributed by atoms with Gasteiger partial charge in [-0.3, -0.25) is 14.4 Å². The molecule has 3 amide bonds. The van der Waals surface area contributed by atoms with Gasteiger partial charge in [-0.1, -0.05) is 48.0 Å². The number of piperazine rings is 1. The summed E-state index contributed by atoms with van der Waals surface area (Å²) in [5, 5.41) is 6.54. The molecule has 0 bridgehead atoms. The van der Waals surface area contributed by atoms with Crippen molar-refractivity contribution in [1.29, 1.82) is 0 Å². The number of nitrogens with one attached hydrogen (secondary N) is 3. The maximum absolute atomic E-state index is 13.9. The van der Waals surface area contributed by atoms with Crippen LogP contribution in [0, 0.1) is 0 Å². The van der Waals surface area contributed by atoms with Crippen molar-refractivity contribution in [2.75, 3.05) is 32.7 Å². The van der Waals surface area contributed by atoms with E-state index >= 15 is 0 Å². The van der Waals surface area contributed by atoms with Crippen molar-refractivity contribution in [1.82, 2.24) is 25.2 Å². The fourth-order valence-electron chi connectivity index (χ4n) is 5.44. The fourth-order valence-corrected chi connectivity index (χ4v) is 7.01. The summed E-state index contributed by atoms with van der Waals surface area (Å²) in [6.07, 6.45) is 0.121. The quantitative estimate of drug-likeness (QED) is 0.217. The first-order valence-electron chi connectivity index (χ1n) is 14.4. The summed E-state index contributed by atoms with van der Waals surface area (Å²) in [5.41, 5.74) is 14.2. The number of hydrogen-bond donors (Lipinski definition) is 5. The lowest BCUT2D eigenvalue weighted by Crippen LogP contribution is -2.54. The van der Waals surface area contributed by atoms with Gasteiger partial charge in [-0.05, 0) is 41.7 Å². The second kappa shape index (κ2) is 15.1. The Morgan fingerprint density at radius 1 is 1.07 bits per heavy atom. The van der Waals surface area contributed by atoms with Crippen LogP contribution in [0.2, 0.25) is 5.02 Å². The van der Waals surface area contributed by atoms with Crippen LogP contribution in [0.4, 0.5) is 0 Å². The first-order chi connectivity index (χ1) is 20.6. The van der Waals surface area contributed by atoms with Crippen LogP contribution in [0.15, 0.2) is 48.5 Å². The van der Waals surface area contributed by atoms with E-state index in [0.717, 1.165) is 11.1 Å². The highest BCUT2D eigenvalue weighted by atomic mass is 35.5. The Bertz CT molecular complexity index is 1390. The smallest absolute Gasteiger partial charge is 0.243 e. The van der Waals surface area contributed by atoms with Gasteiger partial charge < -0.3 is 31.9 Å². The lowest BCUT2D eigenvalue weighted by molar-refractivity contribution is -0.140. The first kappa shape index (κ1) is 32.8. The summed E-state index contributed by atoms with van der Waals surface area (Å²) in [7, 11) is -3.98. The molecule has 0 unspecified atom stereocenters. The molecule has 0 aromatic heterocycles. The lowest BCUT2D eigenvalue weighted by Gasteiger charge is -2.30. The number of hydrogen-bond acceptors (Lipinski definition) is 8. The minimum Gasteiger partial charge on any atom is -0.350 e. The number of nitrogens with two attached hydrogens (primary N) is 2. The molecule has 2 fully saturated rings. The summed E-state index contributed by atoms with van der Waals surface area (Å²) >= 11 is 6.13. The van der Waals surface area contributed by atoms with E-state index in [9.17, 15) is 22.8 Å². The predicted octanol–water partition coefficient (Wildman–Crippen LogP) is 0.0433. The Hall–Kier alpha value is -3.07. The van der Waals surface area contributed by atoms with Gasteiger partial charge in [0, 0.05) is 63.3 Å². The first-order valence-corrected chi connectivity index (χ1v) is 16.4. The van der Waals surface area contributed by atoms with Crippen LogP contribution in [0.25, 0.3) is 0 Å². The number of benzene rings is 2. The number of rotatable bonds is 12. The van der Waals surface area contributed by atoms with Gasteiger partial charge in [0.2, 0.25) is 27.7 Å². The third-order valence-electron chi connectivity index (χ3n) is 7.70. The number of amides is 3. The monoisotopic (exact) mass is 633 g/mol. The summed E-state index contributed by atoms with van der Waals surface area (Å²) in [6, 6.07) is 11.2. The molecule has 2 aliphatic heterocycles. The highest BCUT2D eigenvalue weighted by Gasteiger charge is 2.41. The molecule has 2 heterocycles. The van der Waals surface area contributed by atoms with Gasteiger partial charge in [-0.25, -0.2) is 13.1 Å². The fraction of sp³-hybridized carbons (Fsp3) is 0.483. The zero-order chi connectivity index (χ0) is 31.0. The molecule has 234 valence electrons. The molecule has 43 heavy (non-hydrogen) atoms. The second-order valence-electron chi connectivity index (χ2n) is 10.9. The molecule has 0 spiro atoms. The molecule has 2 aliphatic rings. The molecule has 4 rings (SSSR count). The largest absolute Gasteiger partial charge is 0.350 e. The van der Waals surface area contributed by atoms with Crippen LogP contribution >= 0.6 is 11.6 Å². The summed E-state index contributed by atoms with van der Waals surface area (Å²) in [5.74, 6) is -1.52. The Labute approximate surface area is 257 Å². The predicted molar refractivity (Wildman–Crippen MR) is 164 cm³/mol. The molecule has 2 aromatic rings. The van der Waals surface area contributed by atoms with E-state index in [1.807, 2.05) is 0 Å². The zero-order valence-corrected chi connectivity index (χ0v) is 25.6. The van der Waals surface area contributed by atoms with Crippen molar-refractivity contribution in [3.63, 3.8) is 0 Å². The van der Waals surface area contributed by atoms with Crippen molar-refractivity contribution in [2.45, 2.75) is 56.2 Å². The van der Waals surface area contributed by atoms with E-state index in [4.69, 9.17) is 23.1 Å². The van der Waals surface area contributed by atoms with Gasteiger partial charge in [-0.15, -0.1) is 0 Å².